The van der Waals surface area contributed by atoms with Crippen molar-refractivity contribution in [2.45, 2.75) is 20.5 Å². The Morgan fingerprint density at radius 3 is 2.35 bits per heavy atom. The monoisotopic (exact) mass is 351 g/mol. The zero-order valence-electron chi connectivity index (χ0n) is 15.0. The Kier molecular flexibility index (Phi) is 5.27. The van der Waals surface area contributed by atoms with Gasteiger partial charge in [0.1, 0.15) is 12.4 Å². The molecule has 0 spiro atoms. The van der Waals surface area contributed by atoms with E-state index in [9.17, 15) is 4.79 Å². The van der Waals surface area contributed by atoms with Gasteiger partial charge in [-0.25, -0.2) is 0 Å². The summed E-state index contributed by atoms with van der Waals surface area (Å²) in [5.74, 6) is 1.78. The van der Waals surface area contributed by atoms with Crippen molar-refractivity contribution in [1.82, 2.24) is 0 Å². The number of para-hydroxylation sites is 3. The van der Waals surface area contributed by atoms with Gasteiger partial charge in [0.25, 0.3) is 5.91 Å². The van der Waals surface area contributed by atoms with Crippen LogP contribution in [0, 0.1) is 13.8 Å². The Hall–Kier alpha value is -3.21. The molecule has 3 rings (SSSR count). The SMILES string of the molecule is COc1ccccc1OCc1ccc(C(=O)Nc2c(C)cccc2C)o1. The predicted molar refractivity (Wildman–Crippen MR) is 99.9 cm³/mol. The van der Waals surface area contributed by atoms with Crippen molar-refractivity contribution >= 4 is 11.6 Å². The van der Waals surface area contributed by atoms with Gasteiger partial charge in [0.2, 0.25) is 0 Å². The number of ether oxygens (including phenoxy) is 2. The lowest BCUT2D eigenvalue weighted by molar-refractivity contribution is 0.0992. The molecular formula is C21H21NO4. The Labute approximate surface area is 152 Å². The zero-order valence-corrected chi connectivity index (χ0v) is 15.0. The minimum atomic E-state index is -0.286. The standard InChI is InChI=1S/C21H21NO4/c1-14-7-6-8-15(2)20(14)22-21(23)19-12-11-16(26-19)13-25-18-10-5-4-9-17(18)24-3/h4-12H,13H2,1-3H3,(H,22,23). The minimum absolute atomic E-state index is 0.205. The molecule has 1 aromatic heterocycles. The van der Waals surface area contributed by atoms with E-state index in [0.29, 0.717) is 17.3 Å². The van der Waals surface area contributed by atoms with Crippen molar-refractivity contribution in [3.05, 3.63) is 77.2 Å². The first kappa shape index (κ1) is 17.6. The van der Waals surface area contributed by atoms with Gasteiger partial charge in [-0.3, -0.25) is 4.79 Å². The number of hydrogen-bond donors (Lipinski definition) is 1. The van der Waals surface area contributed by atoms with Crippen LogP contribution in [0.2, 0.25) is 0 Å². The van der Waals surface area contributed by atoms with Gasteiger partial charge in [0.15, 0.2) is 17.3 Å². The van der Waals surface area contributed by atoms with Crippen molar-refractivity contribution in [1.29, 1.82) is 0 Å². The minimum Gasteiger partial charge on any atom is -0.493 e. The summed E-state index contributed by atoms with van der Waals surface area (Å²) >= 11 is 0. The Balaban J connectivity index is 1.67. The predicted octanol–water partition coefficient (Wildman–Crippen LogP) is 4.74. The van der Waals surface area contributed by atoms with E-state index >= 15 is 0 Å². The van der Waals surface area contributed by atoms with E-state index in [1.807, 2.05) is 56.3 Å². The third kappa shape index (κ3) is 3.88. The molecule has 0 atom stereocenters. The summed E-state index contributed by atoms with van der Waals surface area (Å²) in [6, 6.07) is 16.6. The average Bonchev–Trinajstić information content (AvgIpc) is 3.12. The van der Waals surface area contributed by atoms with Crippen molar-refractivity contribution in [3.8, 4) is 11.5 Å². The highest BCUT2D eigenvalue weighted by molar-refractivity contribution is 6.03. The fourth-order valence-corrected chi connectivity index (χ4v) is 2.65. The topological polar surface area (TPSA) is 60.7 Å². The molecule has 1 N–H and O–H groups in total. The normalized spacial score (nSPS) is 10.4. The van der Waals surface area contributed by atoms with Crippen molar-refractivity contribution in [3.63, 3.8) is 0 Å². The molecule has 0 saturated heterocycles. The second-order valence-corrected chi connectivity index (χ2v) is 5.93. The van der Waals surface area contributed by atoms with Crippen LogP contribution in [0.1, 0.15) is 27.4 Å². The van der Waals surface area contributed by atoms with Gasteiger partial charge < -0.3 is 19.2 Å². The molecule has 26 heavy (non-hydrogen) atoms. The maximum atomic E-state index is 12.4. The van der Waals surface area contributed by atoms with Crippen LogP contribution in [0.15, 0.2) is 59.0 Å². The number of carbonyl (C=O) groups is 1. The first-order valence-electron chi connectivity index (χ1n) is 8.30. The molecule has 0 aliphatic carbocycles. The van der Waals surface area contributed by atoms with Gasteiger partial charge in [-0.2, -0.15) is 0 Å². The molecule has 0 aliphatic rings. The summed E-state index contributed by atoms with van der Waals surface area (Å²) in [7, 11) is 1.59. The van der Waals surface area contributed by atoms with Gasteiger partial charge >= 0.3 is 0 Å². The number of methoxy groups -OCH3 is 1. The molecule has 0 unspecified atom stereocenters. The van der Waals surface area contributed by atoms with Crippen LogP contribution in [0.4, 0.5) is 5.69 Å². The van der Waals surface area contributed by atoms with E-state index in [2.05, 4.69) is 5.32 Å². The van der Waals surface area contributed by atoms with Gasteiger partial charge in [0, 0.05) is 5.69 Å². The van der Waals surface area contributed by atoms with E-state index in [0.717, 1.165) is 16.8 Å². The fourth-order valence-electron chi connectivity index (χ4n) is 2.65. The zero-order chi connectivity index (χ0) is 18.5. The van der Waals surface area contributed by atoms with Gasteiger partial charge in [-0.1, -0.05) is 30.3 Å². The number of benzene rings is 2. The van der Waals surface area contributed by atoms with Crippen LogP contribution in [0.3, 0.4) is 0 Å². The van der Waals surface area contributed by atoms with Crippen molar-refractivity contribution in [2.75, 3.05) is 12.4 Å². The first-order valence-corrected chi connectivity index (χ1v) is 8.30. The van der Waals surface area contributed by atoms with E-state index < -0.39 is 0 Å². The number of rotatable bonds is 6. The van der Waals surface area contributed by atoms with E-state index in [4.69, 9.17) is 13.9 Å². The number of nitrogens with one attached hydrogen (secondary N) is 1. The molecular weight excluding hydrogens is 330 g/mol. The second kappa shape index (κ2) is 7.78. The largest absolute Gasteiger partial charge is 0.493 e. The number of aryl methyl sites for hydroxylation is 2. The highest BCUT2D eigenvalue weighted by Crippen LogP contribution is 2.27. The number of furan rings is 1. The molecule has 0 saturated carbocycles. The van der Waals surface area contributed by atoms with Gasteiger partial charge in [-0.15, -0.1) is 0 Å². The van der Waals surface area contributed by atoms with Crippen LogP contribution in [0.5, 0.6) is 11.5 Å². The molecule has 3 aromatic rings. The van der Waals surface area contributed by atoms with Crippen molar-refractivity contribution < 1.29 is 18.7 Å². The number of amides is 1. The number of carbonyl (C=O) groups excluding carboxylic acids is 1. The lowest BCUT2D eigenvalue weighted by atomic mass is 10.1. The third-order valence-electron chi connectivity index (χ3n) is 4.04. The van der Waals surface area contributed by atoms with E-state index in [1.165, 1.54) is 0 Å². The Bertz CT molecular complexity index is 894. The summed E-state index contributed by atoms with van der Waals surface area (Å²) in [4.78, 5) is 12.4. The lowest BCUT2D eigenvalue weighted by Crippen LogP contribution is -2.13. The maximum absolute atomic E-state index is 12.4. The smallest absolute Gasteiger partial charge is 0.291 e. The molecule has 134 valence electrons. The molecule has 2 aromatic carbocycles. The third-order valence-corrected chi connectivity index (χ3v) is 4.04. The van der Waals surface area contributed by atoms with Crippen LogP contribution < -0.4 is 14.8 Å². The molecule has 0 fully saturated rings. The Morgan fingerprint density at radius 1 is 0.962 bits per heavy atom. The van der Waals surface area contributed by atoms with Crippen molar-refractivity contribution in [2.24, 2.45) is 0 Å². The second-order valence-electron chi connectivity index (χ2n) is 5.93. The molecule has 0 radical (unpaired) electrons. The summed E-state index contributed by atoms with van der Waals surface area (Å²) in [6.45, 7) is 4.12. The van der Waals surface area contributed by atoms with E-state index in [-0.39, 0.29) is 18.3 Å². The molecule has 1 amide bonds. The maximum Gasteiger partial charge on any atom is 0.291 e. The van der Waals surface area contributed by atoms with Crippen LogP contribution in [0.25, 0.3) is 0 Å². The van der Waals surface area contributed by atoms with Gasteiger partial charge in [0.05, 0.1) is 7.11 Å². The molecule has 5 nitrogen and oxygen atoms in total. The lowest BCUT2D eigenvalue weighted by Gasteiger charge is -2.10. The highest BCUT2D eigenvalue weighted by Gasteiger charge is 2.14. The highest BCUT2D eigenvalue weighted by atomic mass is 16.5. The summed E-state index contributed by atoms with van der Waals surface area (Å²) < 4.78 is 16.6. The van der Waals surface area contributed by atoms with Crippen LogP contribution in [-0.4, -0.2) is 13.0 Å². The quantitative estimate of drug-likeness (QED) is 0.697. The number of hydrogen-bond acceptors (Lipinski definition) is 4. The molecule has 5 heteroatoms. The van der Waals surface area contributed by atoms with Crippen LogP contribution >= 0.6 is 0 Å². The molecule has 0 bridgehead atoms. The molecule has 0 aliphatic heterocycles. The summed E-state index contributed by atoms with van der Waals surface area (Å²) in [6.07, 6.45) is 0. The van der Waals surface area contributed by atoms with Crippen LogP contribution in [-0.2, 0) is 6.61 Å². The summed E-state index contributed by atoms with van der Waals surface area (Å²) in [5.41, 5.74) is 2.81. The first-order chi connectivity index (χ1) is 12.6. The Morgan fingerprint density at radius 2 is 1.65 bits per heavy atom. The fraction of sp³-hybridized carbons (Fsp3) is 0.190. The van der Waals surface area contributed by atoms with Gasteiger partial charge in [-0.05, 0) is 49.2 Å². The number of anilines is 1. The molecule has 1 heterocycles. The van der Waals surface area contributed by atoms with E-state index in [1.54, 1.807) is 19.2 Å². The average molecular weight is 351 g/mol. The summed E-state index contributed by atoms with van der Waals surface area (Å²) in [5, 5.41) is 2.91.